The molecule has 1 saturated carbocycles. The second-order valence-corrected chi connectivity index (χ2v) is 4.20. The van der Waals surface area contributed by atoms with Gasteiger partial charge in [-0.05, 0) is 0 Å². The summed E-state index contributed by atoms with van der Waals surface area (Å²) in [6.07, 6.45) is -0.0237. The van der Waals surface area contributed by atoms with E-state index >= 15 is 0 Å². The second kappa shape index (κ2) is 5.65. The Labute approximate surface area is 99.6 Å². The lowest BCUT2D eigenvalue weighted by Gasteiger charge is -2.33. The fourth-order valence-electron chi connectivity index (χ4n) is 2.00. The molecule has 1 fully saturated rings. The smallest absolute Gasteiger partial charge is 0.302 e. The van der Waals surface area contributed by atoms with Crippen molar-refractivity contribution in [1.29, 1.82) is 0 Å². The van der Waals surface area contributed by atoms with Gasteiger partial charge < -0.3 is 14.7 Å². The minimum absolute atomic E-state index is 0.171. The number of nitrogens with zero attached hydrogens (tertiary/aromatic N) is 1. The third-order valence-corrected chi connectivity index (χ3v) is 2.79. The van der Waals surface area contributed by atoms with Gasteiger partial charge in [0.1, 0.15) is 12.2 Å². The Bertz CT molecular complexity index is 339. The molecule has 17 heavy (non-hydrogen) atoms. The molecule has 1 aliphatic carbocycles. The highest BCUT2D eigenvalue weighted by Crippen LogP contribution is 2.27. The molecule has 1 aliphatic rings. The summed E-state index contributed by atoms with van der Waals surface area (Å²) in [6.45, 7) is 4.44. The Hall–Kier alpha value is -1.59. The second-order valence-electron chi connectivity index (χ2n) is 4.20. The van der Waals surface area contributed by atoms with Crippen molar-refractivity contribution < 1.29 is 24.3 Å². The molecule has 0 spiro atoms. The summed E-state index contributed by atoms with van der Waals surface area (Å²) in [7, 11) is 0. The highest BCUT2D eigenvalue weighted by molar-refractivity contribution is 5.88. The molecule has 3 atom stereocenters. The minimum atomic E-state index is -0.420. The largest absolute Gasteiger partial charge is 0.462 e. The van der Waals surface area contributed by atoms with Gasteiger partial charge in [0.15, 0.2) is 0 Å². The Morgan fingerprint density at radius 3 is 2.35 bits per heavy atom. The molecule has 6 nitrogen and oxygen atoms in total. The average Bonchev–Trinajstić information content (AvgIpc) is 2.21. The van der Waals surface area contributed by atoms with Crippen LogP contribution < -0.4 is 0 Å². The van der Waals surface area contributed by atoms with Gasteiger partial charge in [0.25, 0.3) is 0 Å². The minimum Gasteiger partial charge on any atom is -0.462 e. The lowest BCUT2D eigenvalue weighted by molar-refractivity contribution is -0.155. The molecule has 0 radical (unpaired) electrons. The summed E-state index contributed by atoms with van der Waals surface area (Å²) in [5.74, 6) is -0.971. The van der Waals surface area contributed by atoms with Gasteiger partial charge in [-0.1, -0.05) is 12.1 Å². The van der Waals surface area contributed by atoms with Crippen LogP contribution in [0.2, 0.25) is 0 Å². The van der Waals surface area contributed by atoms with E-state index in [9.17, 15) is 9.59 Å². The Morgan fingerprint density at radius 1 is 1.29 bits per heavy atom. The summed E-state index contributed by atoms with van der Waals surface area (Å²) in [5.41, 5.74) is 0.480. The molecule has 96 valence electrons. The van der Waals surface area contributed by atoms with Crippen LogP contribution in [0.1, 0.15) is 33.6 Å². The van der Waals surface area contributed by atoms with Crippen LogP contribution in [0.15, 0.2) is 5.16 Å². The molecule has 0 aromatic carbocycles. The molecule has 1 N–H and O–H groups in total. The number of rotatable bonds is 2. The van der Waals surface area contributed by atoms with E-state index in [0.29, 0.717) is 18.6 Å². The first-order valence-electron chi connectivity index (χ1n) is 5.49. The van der Waals surface area contributed by atoms with Crippen LogP contribution in [0.25, 0.3) is 0 Å². The van der Waals surface area contributed by atoms with Crippen molar-refractivity contribution in [2.75, 3.05) is 0 Å². The van der Waals surface area contributed by atoms with Gasteiger partial charge in [-0.15, -0.1) is 0 Å². The van der Waals surface area contributed by atoms with E-state index in [0.717, 1.165) is 0 Å². The van der Waals surface area contributed by atoms with E-state index in [4.69, 9.17) is 14.7 Å². The van der Waals surface area contributed by atoms with Crippen LogP contribution in [0.4, 0.5) is 0 Å². The van der Waals surface area contributed by atoms with E-state index in [2.05, 4.69) is 5.16 Å². The van der Waals surface area contributed by atoms with Gasteiger partial charge in [0, 0.05) is 32.6 Å². The number of hydrogen-bond donors (Lipinski definition) is 1. The fraction of sp³-hybridized carbons (Fsp3) is 0.727. The number of carbonyl (C=O) groups excluding carboxylic acids is 2. The fourth-order valence-corrected chi connectivity index (χ4v) is 2.00. The van der Waals surface area contributed by atoms with Crippen molar-refractivity contribution >= 4 is 17.7 Å². The van der Waals surface area contributed by atoms with E-state index < -0.39 is 24.1 Å². The van der Waals surface area contributed by atoms with E-state index in [1.165, 1.54) is 13.8 Å². The van der Waals surface area contributed by atoms with Gasteiger partial charge >= 0.3 is 11.9 Å². The molecular formula is C11H17NO5. The van der Waals surface area contributed by atoms with Crippen LogP contribution >= 0.6 is 0 Å². The Balaban J connectivity index is 2.75. The number of ether oxygens (including phenoxy) is 2. The summed E-state index contributed by atoms with van der Waals surface area (Å²) in [6, 6.07) is 0. The average molecular weight is 243 g/mol. The zero-order valence-corrected chi connectivity index (χ0v) is 10.2. The lowest BCUT2D eigenvalue weighted by Crippen LogP contribution is -2.41. The molecule has 0 heterocycles. The topological polar surface area (TPSA) is 85.2 Å². The third-order valence-electron chi connectivity index (χ3n) is 2.79. The molecule has 0 aliphatic heterocycles. The van der Waals surface area contributed by atoms with Crippen molar-refractivity contribution in [3.05, 3.63) is 0 Å². The van der Waals surface area contributed by atoms with Crippen LogP contribution in [-0.2, 0) is 19.1 Å². The predicted octanol–water partition coefficient (Wildman–Crippen LogP) is 1.11. The standard InChI is InChI=1S/C11H17NO5/c1-6-10(12-15)4-9(16-7(2)13)5-11(6)17-8(3)14/h6,9,11,15H,4-5H2,1-3H3/b12-10-/t6?,9-,11+/m1/s1. The normalized spacial score (nSPS) is 31.0. The van der Waals surface area contributed by atoms with Crippen molar-refractivity contribution in [3.63, 3.8) is 0 Å². The first-order chi connectivity index (χ1) is 7.93. The maximum Gasteiger partial charge on any atom is 0.302 e. The van der Waals surface area contributed by atoms with Gasteiger partial charge in [0.2, 0.25) is 0 Å². The summed E-state index contributed by atoms with van der Waals surface area (Å²) in [4.78, 5) is 21.8. The molecule has 0 amide bonds. The monoisotopic (exact) mass is 243 g/mol. The third kappa shape index (κ3) is 3.72. The molecule has 0 bridgehead atoms. The van der Waals surface area contributed by atoms with Crippen LogP contribution in [0, 0.1) is 5.92 Å². The summed E-state index contributed by atoms with van der Waals surface area (Å²) < 4.78 is 10.2. The molecule has 1 rings (SSSR count). The van der Waals surface area contributed by atoms with E-state index in [1.807, 2.05) is 6.92 Å². The molecule has 1 unspecified atom stereocenters. The molecule has 6 heteroatoms. The number of hydrogen-bond acceptors (Lipinski definition) is 6. The first-order valence-corrected chi connectivity index (χ1v) is 5.49. The molecular weight excluding hydrogens is 226 g/mol. The number of esters is 2. The first kappa shape index (κ1) is 13.5. The Morgan fingerprint density at radius 2 is 1.88 bits per heavy atom. The molecule has 0 aromatic rings. The molecule has 0 aromatic heterocycles. The molecule has 0 saturated heterocycles. The highest BCUT2D eigenvalue weighted by Gasteiger charge is 2.36. The van der Waals surface area contributed by atoms with Gasteiger partial charge in [-0.25, -0.2) is 0 Å². The van der Waals surface area contributed by atoms with Crippen molar-refractivity contribution in [2.45, 2.75) is 45.8 Å². The Kier molecular flexibility index (Phi) is 4.48. The quantitative estimate of drug-likeness (QED) is 0.446. The van der Waals surface area contributed by atoms with Crippen LogP contribution in [0.5, 0.6) is 0 Å². The van der Waals surface area contributed by atoms with Crippen LogP contribution in [-0.4, -0.2) is 35.1 Å². The number of carbonyl (C=O) groups is 2. The maximum atomic E-state index is 10.9. The van der Waals surface area contributed by atoms with Crippen molar-refractivity contribution in [2.24, 2.45) is 11.1 Å². The van der Waals surface area contributed by atoms with Crippen molar-refractivity contribution in [1.82, 2.24) is 0 Å². The van der Waals surface area contributed by atoms with E-state index in [1.54, 1.807) is 0 Å². The summed E-state index contributed by atoms with van der Waals surface area (Å²) >= 11 is 0. The zero-order chi connectivity index (χ0) is 13.0. The lowest BCUT2D eigenvalue weighted by atomic mass is 9.84. The SMILES string of the molecule is CC(=O)O[C@@H]1C/C(=N/O)C(C)[C@@H](OC(C)=O)C1. The zero-order valence-electron chi connectivity index (χ0n) is 10.2. The maximum absolute atomic E-state index is 10.9. The van der Waals surface area contributed by atoms with Gasteiger partial charge in [-0.2, -0.15) is 0 Å². The van der Waals surface area contributed by atoms with Gasteiger partial charge in [-0.3, -0.25) is 9.59 Å². The number of oxime groups is 1. The highest BCUT2D eigenvalue weighted by atomic mass is 16.6. The van der Waals surface area contributed by atoms with E-state index in [-0.39, 0.29) is 5.92 Å². The van der Waals surface area contributed by atoms with Crippen LogP contribution in [0.3, 0.4) is 0 Å². The summed E-state index contributed by atoms with van der Waals surface area (Å²) in [5, 5.41) is 12.0. The van der Waals surface area contributed by atoms with Crippen molar-refractivity contribution in [3.8, 4) is 0 Å². The van der Waals surface area contributed by atoms with Gasteiger partial charge in [0.05, 0.1) is 5.71 Å². The predicted molar refractivity (Wildman–Crippen MR) is 58.7 cm³/mol.